The largest absolute Gasteiger partial charge is 0.462 e. The number of hydrogen-bond acceptors (Lipinski definition) is 6. The lowest BCUT2D eigenvalue weighted by Gasteiger charge is -2.18. The molecule has 0 spiro atoms. The molecule has 0 aromatic carbocycles. The van der Waals surface area contributed by atoms with Crippen LogP contribution in [0.2, 0.25) is 0 Å². The summed E-state index contributed by atoms with van der Waals surface area (Å²) in [5.41, 5.74) is 0. The number of carbonyl (C=O) groups is 3. The Morgan fingerprint density at radius 2 is 0.494 bits per heavy atom. The van der Waals surface area contributed by atoms with Gasteiger partial charge >= 0.3 is 17.9 Å². The Morgan fingerprint density at radius 1 is 0.266 bits per heavy atom. The third-order valence-electron chi connectivity index (χ3n) is 14.3. The lowest BCUT2D eigenvalue weighted by Crippen LogP contribution is -2.30. The van der Waals surface area contributed by atoms with Crippen LogP contribution in [0.3, 0.4) is 0 Å². The highest BCUT2D eigenvalue weighted by Gasteiger charge is 2.19. The second kappa shape index (κ2) is 66.6. The van der Waals surface area contributed by atoms with Gasteiger partial charge < -0.3 is 14.2 Å². The quantitative estimate of drug-likeness (QED) is 0.0261. The van der Waals surface area contributed by atoms with E-state index in [-0.39, 0.29) is 31.1 Å². The first-order valence-electron chi connectivity index (χ1n) is 33.4. The van der Waals surface area contributed by atoms with Crippen molar-refractivity contribution in [2.45, 2.75) is 322 Å². The molecule has 0 heterocycles. The van der Waals surface area contributed by atoms with Crippen LogP contribution in [0.1, 0.15) is 316 Å². The molecule has 0 aliphatic carbocycles. The summed E-state index contributed by atoms with van der Waals surface area (Å²) in [6, 6.07) is 0. The lowest BCUT2D eigenvalue weighted by atomic mass is 10.1. The van der Waals surface area contributed by atoms with Crippen LogP contribution < -0.4 is 0 Å². The van der Waals surface area contributed by atoms with Crippen LogP contribution in [0, 0.1) is 0 Å². The Hall–Kier alpha value is -3.93. The van der Waals surface area contributed by atoms with Crippen LogP contribution in [0.15, 0.2) is 109 Å². The molecule has 0 saturated carbocycles. The summed E-state index contributed by atoms with van der Waals surface area (Å²) in [4.78, 5) is 38.3. The zero-order valence-electron chi connectivity index (χ0n) is 51.9. The summed E-state index contributed by atoms with van der Waals surface area (Å²) in [6.45, 7) is 6.52. The first-order valence-corrected chi connectivity index (χ1v) is 33.4. The van der Waals surface area contributed by atoms with Crippen molar-refractivity contribution < 1.29 is 28.6 Å². The van der Waals surface area contributed by atoms with Crippen LogP contribution in [0.25, 0.3) is 0 Å². The molecule has 0 N–H and O–H groups in total. The van der Waals surface area contributed by atoms with Crippen molar-refractivity contribution in [1.82, 2.24) is 0 Å². The second-order valence-electron chi connectivity index (χ2n) is 22.0. The zero-order valence-corrected chi connectivity index (χ0v) is 51.9. The van der Waals surface area contributed by atoms with E-state index in [0.29, 0.717) is 19.3 Å². The van der Waals surface area contributed by atoms with Crippen LogP contribution in [0.5, 0.6) is 0 Å². The van der Waals surface area contributed by atoms with Gasteiger partial charge in [-0.15, -0.1) is 0 Å². The minimum Gasteiger partial charge on any atom is -0.462 e. The fraction of sp³-hybridized carbons (Fsp3) is 0.712. The number of esters is 3. The number of hydrogen-bond donors (Lipinski definition) is 0. The summed E-state index contributed by atoms with van der Waals surface area (Å²) in [6.07, 6.45) is 91.0. The summed E-state index contributed by atoms with van der Waals surface area (Å²) in [5.74, 6) is -0.891. The second-order valence-corrected chi connectivity index (χ2v) is 22.0. The van der Waals surface area contributed by atoms with Gasteiger partial charge in [0.25, 0.3) is 0 Å². The van der Waals surface area contributed by atoms with Crippen LogP contribution in [0.4, 0.5) is 0 Å². The maximum Gasteiger partial charge on any atom is 0.306 e. The van der Waals surface area contributed by atoms with Gasteiger partial charge in [-0.25, -0.2) is 0 Å². The summed E-state index contributed by atoms with van der Waals surface area (Å²) in [7, 11) is 0. The lowest BCUT2D eigenvalue weighted by molar-refractivity contribution is -0.167. The standard InChI is InChI=1S/C73H124O6/c1-4-7-10-13-16-19-22-24-26-28-30-32-33-34-35-36-37-38-39-41-42-44-46-48-51-54-57-60-63-66-72(75)78-69-70(68-77-71(74)65-62-59-56-53-50-21-18-15-12-9-6-3)79-73(76)67-64-61-58-55-52-49-47-45-43-40-31-29-27-25-23-20-17-14-11-8-5-2/h7,10,16,19,23-26,29-32,34-35,37-38,43,45,70H,4-6,8-9,11-15,17-18,20-22,27-28,33,36,39-42,44,46-69H2,1-3H3/b10-7-,19-16-,25-23-,26-24-,31-29-,32-30-,35-34-,38-37-,45-43-. The number of rotatable bonds is 60. The average molecular weight is 1100 g/mol. The fourth-order valence-corrected chi connectivity index (χ4v) is 9.28. The SMILES string of the molecule is CC/C=C\C/C=C\C/C=C\C/C=C\C/C=C\C/C=C\CCCCCCCCCCCCC(=O)OCC(COC(=O)CCCCCCCCCCCCC)OC(=O)CCCCCCCC/C=C\C/C=C\C/C=C\CCCCCCC. The number of allylic oxidation sites excluding steroid dienone is 18. The molecule has 0 amide bonds. The predicted octanol–water partition coefficient (Wildman–Crippen LogP) is 23.0. The molecule has 0 aliphatic heterocycles. The molecule has 0 aliphatic rings. The highest BCUT2D eigenvalue weighted by molar-refractivity contribution is 5.71. The first kappa shape index (κ1) is 75.1. The maximum absolute atomic E-state index is 12.9. The molecular formula is C73H124O6. The smallest absolute Gasteiger partial charge is 0.306 e. The molecular weight excluding hydrogens is 973 g/mol. The molecule has 452 valence electrons. The number of ether oxygens (including phenoxy) is 3. The minimum absolute atomic E-state index is 0.0826. The van der Waals surface area contributed by atoms with Crippen molar-refractivity contribution in [2.24, 2.45) is 0 Å². The van der Waals surface area contributed by atoms with E-state index in [1.54, 1.807) is 0 Å². The van der Waals surface area contributed by atoms with Crippen LogP contribution >= 0.6 is 0 Å². The number of unbranched alkanes of at least 4 members (excludes halogenated alkanes) is 31. The van der Waals surface area contributed by atoms with Crippen molar-refractivity contribution in [3.63, 3.8) is 0 Å². The highest BCUT2D eigenvalue weighted by Crippen LogP contribution is 2.16. The van der Waals surface area contributed by atoms with Gasteiger partial charge in [0.05, 0.1) is 0 Å². The highest BCUT2D eigenvalue weighted by atomic mass is 16.6. The number of carbonyl (C=O) groups excluding carboxylic acids is 3. The minimum atomic E-state index is -0.787. The normalized spacial score (nSPS) is 12.8. The first-order chi connectivity index (χ1) is 39.0. The van der Waals surface area contributed by atoms with Crippen molar-refractivity contribution in [2.75, 3.05) is 13.2 Å². The van der Waals surface area contributed by atoms with Crippen molar-refractivity contribution in [1.29, 1.82) is 0 Å². The van der Waals surface area contributed by atoms with Gasteiger partial charge in [0.15, 0.2) is 6.10 Å². The van der Waals surface area contributed by atoms with E-state index in [0.717, 1.165) is 122 Å². The molecule has 0 fully saturated rings. The Morgan fingerprint density at radius 3 is 0.772 bits per heavy atom. The van der Waals surface area contributed by atoms with Crippen LogP contribution in [-0.2, 0) is 28.6 Å². The topological polar surface area (TPSA) is 78.9 Å². The molecule has 1 atom stereocenters. The van der Waals surface area contributed by atoms with E-state index in [4.69, 9.17) is 14.2 Å². The van der Waals surface area contributed by atoms with E-state index in [1.807, 2.05) is 0 Å². The predicted molar refractivity (Wildman–Crippen MR) is 343 cm³/mol. The Labute approximate surface area is 489 Å². The monoisotopic (exact) mass is 1100 g/mol. The van der Waals surface area contributed by atoms with Gasteiger partial charge in [-0.05, 0) is 109 Å². The zero-order chi connectivity index (χ0) is 57.1. The van der Waals surface area contributed by atoms with Crippen molar-refractivity contribution in [3.05, 3.63) is 109 Å². The summed E-state index contributed by atoms with van der Waals surface area (Å²) in [5, 5.41) is 0. The summed E-state index contributed by atoms with van der Waals surface area (Å²) < 4.78 is 16.9. The third kappa shape index (κ3) is 64.8. The molecule has 1 unspecified atom stereocenters. The summed E-state index contributed by atoms with van der Waals surface area (Å²) >= 11 is 0. The van der Waals surface area contributed by atoms with Gasteiger partial charge in [0.1, 0.15) is 13.2 Å². The van der Waals surface area contributed by atoms with Gasteiger partial charge in [-0.3, -0.25) is 14.4 Å². The third-order valence-corrected chi connectivity index (χ3v) is 14.3. The van der Waals surface area contributed by atoms with E-state index < -0.39 is 6.10 Å². The molecule has 0 radical (unpaired) electrons. The van der Waals surface area contributed by atoms with Gasteiger partial charge in [-0.2, -0.15) is 0 Å². The molecule has 0 bridgehead atoms. The van der Waals surface area contributed by atoms with E-state index in [2.05, 4.69) is 130 Å². The molecule has 6 heteroatoms. The van der Waals surface area contributed by atoms with Gasteiger partial charge in [0.2, 0.25) is 0 Å². The maximum atomic E-state index is 12.9. The Kier molecular flexibility index (Phi) is 63.3. The molecule has 0 rings (SSSR count). The average Bonchev–Trinajstić information content (AvgIpc) is 3.45. The van der Waals surface area contributed by atoms with Crippen LogP contribution in [-0.4, -0.2) is 37.2 Å². The Bertz CT molecular complexity index is 1590. The molecule has 0 saturated heterocycles. The van der Waals surface area contributed by atoms with E-state index in [9.17, 15) is 14.4 Å². The Balaban J connectivity index is 4.29. The molecule has 6 nitrogen and oxygen atoms in total. The van der Waals surface area contributed by atoms with E-state index >= 15 is 0 Å². The molecule has 0 aromatic heterocycles. The van der Waals surface area contributed by atoms with E-state index in [1.165, 1.54) is 154 Å². The van der Waals surface area contributed by atoms with Crippen molar-refractivity contribution >= 4 is 17.9 Å². The van der Waals surface area contributed by atoms with Gasteiger partial charge in [-0.1, -0.05) is 297 Å². The van der Waals surface area contributed by atoms with Crippen molar-refractivity contribution in [3.8, 4) is 0 Å². The van der Waals surface area contributed by atoms with Gasteiger partial charge in [0, 0.05) is 19.3 Å². The fourth-order valence-electron chi connectivity index (χ4n) is 9.28. The molecule has 79 heavy (non-hydrogen) atoms. The molecule has 0 aromatic rings.